The summed E-state index contributed by atoms with van der Waals surface area (Å²) in [4.78, 5) is 6.63. The summed E-state index contributed by atoms with van der Waals surface area (Å²) < 4.78 is 0. The van der Waals surface area contributed by atoms with Gasteiger partial charge in [-0.05, 0) is 44.8 Å². The van der Waals surface area contributed by atoms with E-state index in [1.807, 2.05) is 13.0 Å². The zero-order valence-electron chi connectivity index (χ0n) is 10.6. The van der Waals surface area contributed by atoms with Crippen LogP contribution in [0, 0.1) is 12.8 Å². The van der Waals surface area contributed by atoms with Gasteiger partial charge in [0.15, 0.2) is 0 Å². The van der Waals surface area contributed by atoms with Gasteiger partial charge in [0.2, 0.25) is 0 Å². The number of nitrogens with zero attached hydrogens (tertiary/aromatic N) is 2. The van der Waals surface area contributed by atoms with Crippen LogP contribution in [0.3, 0.4) is 0 Å². The molecule has 1 aromatic rings. The number of aromatic nitrogens is 1. The number of piperidine rings is 1. The van der Waals surface area contributed by atoms with Gasteiger partial charge in [-0.1, -0.05) is 23.2 Å². The molecule has 1 aliphatic rings. The summed E-state index contributed by atoms with van der Waals surface area (Å²) in [5.41, 5.74) is 7.53. The second-order valence-corrected chi connectivity index (χ2v) is 5.76. The highest BCUT2D eigenvalue weighted by Gasteiger charge is 2.20. The Morgan fingerprint density at radius 3 is 2.94 bits per heavy atom. The summed E-state index contributed by atoms with van der Waals surface area (Å²) in [5, 5.41) is 1.23. The highest BCUT2D eigenvalue weighted by molar-refractivity contribution is 6.35. The highest BCUT2D eigenvalue weighted by atomic mass is 35.5. The third kappa shape index (κ3) is 3.35. The van der Waals surface area contributed by atoms with E-state index < -0.39 is 0 Å². The molecule has 0 aromatic carbocycles. The third-order valence-electron chi connectivity index (χ3n) is 3.47. The van der Waals surface area contributed by atoms with Crippen LogP contribution in [-0.2, 0) is 6.54 Å². The van der Waals surface area contributed by atoms with Gasteiger partial charge in [0, 0.05) is 29.4 Å². The van der Waals surface area contributed by atoms with Gasteiger partial charge in [0.05, 0.1) is 0 Å². The zero-order valence-corrected chi connectivity index (χ0v) is 12.1. The maximum atomic E-state index is 6.25. The van der Waals surface area contributed by atoms with Crippen molar-refractivity contribution in [3.63, 3.8) is 0 Å². The lowest BCUT2D eigenvalue weighted by molar-refractivity contribution is 0.171. The Hall–Kier alpha value is -0.350. The first-order valence-electron chi connectivity index (χ1n) is 6.34. The Kier molecular flexibility index (Phi) is 4.84. The fraction of sp³-hybridized carbons (Fsp3) is 0.615. The monoisotopic (exact) mass is 287 g/mol. The molecule has 1 atom stereocenters. The third-order valence-corrected chi connectivity index (χ3v) is 4.12. The van der Waals surface area contributed by atoms with Crippen LogP contribution in [0.1, 0.15) is 24.1 Å². The molecule has 1 aromatic heterocycles. The van der Waals surface area contributed by atoms with Crippen LogP contribution < -0.4 is 5.73 Å². The lowest BCUT2D eigenvalue weighted by Crippen LogP contribution is -2.38. The number of rotatable bonds is 3. The van der Waals surface area contributed by atoms with Crippen molar-refractivity contribution in [3.8, 4) is 0 Å². The second kappa shape index (κ2) is 6.20. The molecule has 0 spiro atoms. The average Bonchev–Trinajstić information content (AvgIpc) is 2.34. The summed E-state index contributed by atoms with van der Waals surface area (Å²) in [7, 11) is 0. The molecule has 0 amide bonds. The molecule has 0 radical (unpaired) electrons. The van der Waals surface area contributed by atoms with Crippen molar-refractivity contribution in [2.75, 3.05) is 19.6 Å². The van der Waals surface area contributed by atoms with E-state index in [-0.39, 0.29) is 0 Å². The number of pyridine rings is 1. The van der Waals surface area contributed by atoms with Gasteiger partial charge >= 0.3 is 0 Å². The fourth-order valence-electron chi connectivity index (χ4n) is 2.48. The molecular formula is C13H19Cl2N3. The Bertz CT molecular complexity index is 400. The molecule has 3 nitrogen and oxygen atoms in total. The summed E-state index contributed by atoms with van der Waals surface area (Å²) >= 11 is 12.4. The van der Waals surface area contributed by atoms with Crippen molar-refractivity contribution in [2.24, 2.45) is 11.7 Å². The van der Waals surface area contributed by atoms with E-state index >= 15 is 0 Å². The molecule has 0 saturated carbocycles. The largest absolute Gasteiger partial charge is 0.330 e. The predicted molar refractivity (Wildman–Crippen MR) is 76.0 cm³/mol. The van der Waals surface area contributed by atoms with Gasteiger partial charge in [-0.3, -0.25) is 4.90 Å². The van der Waals surface area contributed by atoms with Crippen LogP contribution >= 0.6 is 23.2 Å². The maximum absolute atomic E-state index is 6.25. The van der Waals surface area contributed by atoms with E-state index in [4.69, 9.17) is 28.9 Å². The van der Waals surface area contributed by atoms with E-state index in [0.717, 1.165) is 37.4 Å². The Morgan fingerprint density at radius 2 is 2.28 bits per heavy atom. The van der Waals surface area contributed by atoms with Crippen LogP contribution in [-0.4, -0.2) is 29.5 Å². The first-order valence-corrected chi connectivity index (χ1v) is 7.09. The smallest absolute Gasteiger partial charge is 0.135 e. The summed E-state index contributed by atoms with van der Waals surface area (Å²) in [5.74, 6) is 0.592. The summed E-state index contributed by atoms with van der Waals surface area (Å²) in [6, 6.07) is 1.87. The van der Waals surface area contributed by atoms with E-state index in [9.17, 15) is 0 Å². The number of nitrogens with two attached hydrogens (primary N) is 1. The molecule has 0 aliphatic carbocycles. The van der Waals surface area contributed by atoms with E-state index in [2.05, 4.69) is 9.88 Å². The van der Waals surface area contributed by atoms with Crippen molar-refractivity contribution in [1.29, 1.82) is 0 Å². The lowest BCUT2D eigenvalue weighted by atomic mass is 9.98. The topological polar surface area (TPSA) is 42.1 Å². The molecule has 1 aliphatic heterocycles. The summed E-state index contributed by atoms with van der Waals surface area (Å²) in [6.45, 7) is 5.52. The van der Waals surface area contributed by atoms with Crippen LogP contribution in [0.25, 0.3) is 0 Å². The average molecular weight is 288 g/mol. The van der Waals surface area contributed by atoms with E-state index in [0.29, 0.717) is 16.1 Å². The normalized spacial score (nSPS) is 21.2. The van der Waals surface area contributed by atoms with Gasteiger partial charge < -0.3 is 5.73 Å². The molecule has 2 heterocycles. The fourth-order valence-corrected chi connectivity index (χ4v) is 3.13. The Morgan fingerprint density at radius 1 is 1.50 bits per heavy atom. The Balaban J connectivity index is 2.09. The predicted octanol–water partition coefficient (Wildman–Crippen LogP) is 2.87. The number of hydrogen-bond donors (Lipinski definition) is 1. The van der Waals surface area contributed by atoms with Crippen molar-refractivity contribution in [3.05, 3.63) is 27.5 Å². The van der Waals surface area contributed by atoms with Crippen molar-refractivity contribution < 1.29 is 0 Å². The molecule has 0 bridgehead atoms. The number of hydrogen-bond acceptors (Lipinski definition) is 3. The summed E-state index contributed by atoms with van der Waals surface area (Å²) in [6.07, 6.45) is 2.41. The molecule has 1 fully saturated rings. The SMILES string of the molecule is Cc1cc(Cl)c(CN2CCCC(CN)C2)c(Cl)n1. The first kappa shape index (κ1) is 14.1. The van der Waals surface area contributed by atoms with E-state index in [1.54, 1.807) is 0 Å². The lowest BCUT2D eigenvalue weighted by Gasteiger charge is -2.32. The van der Waals surface area contributed by atoms with Crippen molar-refractivity contribution in [1.82, 2.24) is 9.88 Å². The van der Waals surface area contributed by atoms with Gasteiger partial charge in [-0.2, -0.15) is 0 Å². The highest BCUT2D eigenvalue weighted by Crippen LogP contribution is 2.27. The minimum absolute atomic E-state index is 0.523. The molecule has 100 valence electrons. The quantitative estimate of drug-likeness (QED) is 0.870. The zero-order chi connectivity index (χ0) is 13.1. The molecule has 2 N–H and O–H groups in total. The minimum Gasteiger partial charge on any atom is -0.330 e. The van der Waals surface area contributed by atoms with Gasteiger partial charge in [0.25, 0.3) is 0 Å². The van der Waals surface area contributed by atoms with Crippen molar-refractivity contribution in [2.45, 2.75) is 26.3 Å². The second-order valence-electron chi connectivity index (χ2n) is 4.99. The first-order chi connectivity index (χ1) is 8.60. The van der Waals surface area contributed by atoms with Crippen molar-refractivity contribution >= 4 is 23.2 Å². The Labute approximate surface area is 118 Å². The number of halogens is 2. The molecule has 5 heteroatoms. The number of aryl methyl sites for hydroxylation is 1. The molecule has 1 unspecified atom stereocenters. The van der Waals surface area contributed by atoms with Crippen LogP contribution in [0.5, 0.6) is 0 Å². The standard InChI is InChI=1S/C13H19Cl2N3/c1-9-5-12(14)11(13(15)17-9)8-18-4-2-3-10(6-16)7-18/h5,10H,2-4,6-8,16H2,1H3. The minimum atomic E-state index is 0.523. The van der Waals surface area contributed by atoms with Gasteiger partial charge in [-0.15, -0.1) is 0 Å². The van der Waals surface area contributed by atoms with Crippen LogP contribution in [0.4, 0.5) is 0 Å². The molecule has 18 heavy (non-hydrogen) atoms. The van der Waals surface area contributed by atoms with E-state index in [1.165, 1.54) is 12.8 Å². The molecule has 2 rings (SSSR count). The van der Waals surface area contributed by atoms with Crippen LogP contribution in [0.2, 0.25) is 10.2 Å². The number of likely N-dealkylation sites (tertiary alicyclic amines) is 1. The molecule has 1 saturated heterocycles. The maximum Gasteiger partial charge on any atom is 0.135 e. The van der Waals surface area contributed by atoms with Gasteiger partial charge in [-0.25, -0.2) is 4.98 Å². The van der Waals surface area contributed by atoms with Crippen LogP contribution in [0.15, 0.2) is 6.07 Å². The van der Waals surface area contributed by atoms with Gasteiger partial charge in [0.1, 0.15) is 5.15 Å². The molecular weight excluding hydrogens is 269 g/mol.